The van der Waals surface area contributed by atoms with Crippen LogP contribution in [-0.4, -0.2) is 66.6 Å². The van der Waals surface area contributed by atoms with Crippen molar-refractivity contribution in [2.24, 2.45) is 11.8 Å². The van der Waals surface area contributed by atoms with Gasteiger partial charge in [-0.1, -0.05) is 12.8 Å². The molecule has 0 N–H and O–H groups in total. The van der Waals surface area contributed by atoms with Gasteiger partial charge in [0, 0.05) is 38.3 Å². The molecule has 0 atom stereocenters. The van der Waals surface area contributed by atoms with Crippen LogP contribution in [0.25, 0.3) is 11.5 Å². The summed E-state index contributed by atoms with van der Waals surface area (Å²) >= 11 is 0. The third kappa shape index (κ3) is 5.94. The smallest absolute Gasteiger partial charge is 0.387 e. The number of hydrogen-bond donors (Lipinski definition) is 0. The highest BCUT2D eigenvalue weighted by Crippen LogP contribution is 2.36. The number of oxazole rings is 1. The molecule has 0 spiro atoms. The molecule has 2 aliphatic carbocycles. The van der Waals surface area contributed by atoms with E-state index in [0.29, 0.717) is 36.9 Å². The number of amides is 1. The number of alkyl halides is 2. The molecule has 9 heteroatoms. The molecule has 2 saturated carbocycles. The molecular formula is C26H33F2N3O4. The Morgan fingerprint density at radius 3 is 2.51 bits per heavy atom. The normalized spacial score (nSPS) is 19.5. The maximum atomic E-state index is 13.2. The third-order valence-corrected chi connectivity index (χ3v) is 7.23. The van der Waals surface area contributed by atoms with E-state index in [-0.39, 0.29) is 29.0 Å². The van der Waals surface area contributed by atoms with Crippen molar-refractivity contribution in [3.63, 3.8) is 0 Å². The molecule has 1 aromatic carbocycles. The maximum Gasteiger partial charge on any atom is 0.387 e. The van der Waals surface area contributed by atoms with Crippen LogP contribution in [0.15, 0.2) is 22.6 Å². The van der Waals surface area contributed by atoms with E-state index in [1.807, 2.05) is 4.90 Å². The van der Waals surface area contributed by atoms with E-state index < -0.39 is 6.61 Å². The Labute approximate surface area is 204 Å². The van der Waals surface area contributed by atoms with Gasteiger partial charge in [0.25, 0.3) is 5.91 Å². The molecule has 5 rings (SSSR count). The van der Waals surface area contributed by atoms with Gasteiger partial charge in [-0.15, -0.1) is 0 Å². The predicted octanol–water partition coefficient (Wildman–Crippen LogP) is 4.99. The zero-order valence-electron chi connectivity index (χ0n) is 20.2. The van der Waals surface area contributed by atoms with Crippen molar-refractivity contribution in [1.29, 1.82) is 0 Å². The lowest BCUT2D eigenvalue weighted by molar-refractivity contribution is -0.0515. The minimum Gasteiger partial charge on any atom is -0.489 e. The van der Waals surface area contributed by atoms with Crippen LogP contribution < -0.4 is 9.47 Å². The first-order valence-electron chi connectivity index (χ1n) is 12.7. The SMILES string of the molecule is Cc1oc(-c2ccc(OC(F)F)c(OCC3CC3)c2)nc1C(=O)N1CCN(CC2CCCC2)CC1. The van der Waals surface area contributed by atoms with E-state index in [2.05, 4.69) is 14.6 Å². The number of carbonyl (C=O) groups excluding carboxylic acids is 1. The van der Waals surface area contributed by atoms with Crippen molar-refractivity contribution in [2.45, 2.75) is 52.1 Å². The lowest BCUT2D eigenvalue weighted by Gasteiger charge is -2.35. The van der Waals surface area contributed by atoms with Gasteiger partial charge < -0.3 is 18.8 Å². The summed E-state index contributed by atoms with van der Waals surface area (Å²) in [6.07, 6.45) is 7.47. The number of rotatable bonds is 9. The van der Waals surface area contributed by atoms with Gasteiger partial charge >= 0.3 is 6.61 Å². The summed E-state index contributed by atoms with van der Waals surface area (Å²) in [5.74, 6) is 1.99. The van der Waals surface area contributed by atoms with Crippen molar-refractivity contribution in [3.05, 3.63) is 29.7 Å². The van der Waals surface area contributed by atoms with E-state index in [0.717, 1.165) is 38.4 Å². The number of ether oxygens (including phenoxy) is 2. The Morgan fingerprint density at radius 1 is 1.09 bits per heavy atom. The van der Waals surface area contributed by atoms with E-state index >= 15 is 0 Å². The summed E-state index contributed by atoms with van der Waals surface area (Å²) in [4.78, 5) is 22.0. The van der Waals surface area contributed by atoms with E-state index in [4.69, 9.17) is 9.15 Å². The van der Waals surface area contributed by atoms with Gasteiger partial charge in [-0.25, -0.2) is 4.98 Å². The van der Waals surface area contributed by atoms with E-state index in [1.165, 1.54) is 31.7 Å². The molecule has 0 radical (unpaired) electrons. The number of halogens is 2. The third-order valence-electron chi connectivity index (χ3n) is 7.23. The second-order valence-corrected chi connectivity index (χ2v) is 9.96. The molecule has 1 aliphatic heterocycles. The molecule has 0 unspecified atom stereocenters. The highest BCUT2D eigenvalue weighted by molar-refractivity contribution is 5.93. The van der Waals surface area contributed by atoms with Crippen LogP contribution in [0.1, 0.15) is 54.8 Å². The largest absolute Gasteiger partial charge is 0.489 e. The lowest BCUT2D eigenvalue weighted by Crippen LogP contribution is -2.49. The number of carbonyl (C=O) groups is 1. The maximum absolute atomic E-state index is 13.2. The number of hydrogen-bond acceptors (Lipinski definition) is 6. The number of aromatic nitrogens is 1. The molecule has 35 heavy (non-hydrogen) atoms. The van der Waals surface area contributed by atoms with Gasteiger partial charge in [0.2, 0.25) is 5.89 Å². The molecule has 3 fully saturated rings. The average Bonchev–Trinajstić information content (AvgIpc) is 3.38. The zero-order valence-corrected chi connectivity index (χ0v) is 20.2. The molecule has 2 heterocycles. The lowest BCUT2D eigenvalue weighted by atomic mass is 10.1. The average molecular weight is 490 g/mol. The standard InChI is InChI=1S/C26H33F2N3O4/c1-17-23(25(32)31-12-10-30(11-13-31)15-18-4-2-3-5-18)29-24(34-17)20-8-9-21(35-26(27)28)22(14-20)33-16-19-6-7-19/h8-9,14,18-19,26H,2-7,10-13,15-16H2,1H3. The Kier molecular flexibility index (Phi) is 7.22. The first-order valence-corrected chi connectivity index (χ1v) is 12.7. The molecule has 2 aromatic rings. The van der Waals surface area contributed by atoms with Gasteiger partial charge in [0.1, 0.15) is 5.76 Å². The Bertz CT molecular complexity index is 1030. The fraction of sp³-hybridized carbons (Fsp3) is 0.615. The van der Waals surface area contributed by atoms with Gasteiger partial charge in [0.05, 0.1) is 6.61 Å². The van der Waals surface area contributed by atoms with Crippen LogP contribution in [0.4, 0.5) is 8.78 Å². The van der Waals surface area contributed by atoms with Crippen molar-refractivity contribution in [3.8, 4) is 23.0 Å². The molecule has 1 amide bonds. The second kappa shape index (κ2) is 10.5. The van der Waals surface area contributed by atoms with Crippen LogP contribution in [0.3, 0.4) is 0 Å². The number of aryl methyl sites for hydroxylation is 1. The highest BCUT2D eigenvalue weighted by Gasteiger charge is 2.29. The molecule has 0 bridgehead atoms. The van der Waals surface area contributed by atoms with Crippen molar-refractivity contribution in [2.75, 3.05) is 39.3 Å². The second-order valence-electron chi connectivity index (χ2n) is 9.96. The summed E-state index contributed by atoms with van der Waals surface area (Å²) in [5, 5.41) is 0. The molecule has 3 aliphatic rings. The fourth-order valence-corrected chi connectivity index (χ4v) is 5.00. The van der Waals surface area contributed by atoms with Crippen LogP contribution in [0, 0.1) is 18.8 Å². The number of benzene rings is 1. The highest BCUT2D eigenvalue weighted by atomic mass is 19.3. The van der Waals surface area contributed by atoms with Crippen LogP contribution in [0.2, 0.25) is 0 Å². The first kappa shape index (κ1) is 24.0. The minimum absolute atomic E-state index is 0.0283. The van der Waals surface area contributed by atoms with E-state index in [1.54, 1.807) is 19.1 Å². The first-order chi connectivity index (χ1) is 17.0. The Hall–Kier alpha value is -2.68. The van der Waals surface area contributed by atoms with Crippen LogP contribution in [-0.2, 0) is 0 Å². The Balaban J connectivity index is 1.26. The molecule has 7 nitrogen and oxygen atoms in total. The zero-order chi connectivity index (χ0) is 24.4. The molecule has 1 aromatic heterocycles. The molecule has 1 saturated heterocycles. The van der Waals surface area contributed by atoms with Gasteiger partial charge in [-0.3, -0.25) is 9.69 Å². The summed E-state index contributed by atoms with van der Waals surface area (Å²) < 4.78 is 41.8. The van der Waals surface area contributed by atoms with Crippen molar-refractivity contribution in [1.82, 2.24) is 14.8 Å². The van der Waals surface area contributed by atoms with Crippen LogP contribution >= 0.6 is 0 Å². The van der Waals surface area contributed by atoms with Gasteiger partial charge in [0.15, 0.2) is 17.2 Å². The minimum atomic E-state index is -2.95. The Morgan fingerprint density at radius 2 is 1.83 bits per heavy atom. The fourth-order valence-electron chi connectivity index (χ4n) is 5.00. The predicted molar refractivity (Wildman–Crippen MR) is 126 cm³/mol. The summed E-state index contributed by atoms with van der Waals surface area (Å²) in [7, 11) is 0. The van der Waals surface area contributed by atoms with Gasteiger partial charge in [-0.2, -0.15) is 8.78 Å². The monoisotopic (exact) mass is 489 g/mol. The van der Waals surface area contributed by atoms with E-state index in [9.17, 15) is 13.6 Å². The van der Waals surface area contributed by atoms with Crippen molar-refractivity contribution < 1.29 is 27.5 Å². The summed E-state index contributed by atoms with van der Waals surface area (Å²) in [5.41, 5.74) is 0.832. The summed E-state index contributed by atoms with van der Waals surface area (Å²) in [6, 6.07) is 4.60. The quantitative estimate of drug-likeness (QED) is 0.495. The van der Waals surface area contributed by atoms with Gasteiger partial charge in [-0.05, 0) is 62.6 Å². The van der Waals surface area contributed by atoms with Crippen molar-refractivity contribution >= 4 is 5.91 Å². The topological polar surface area (TPSA) is 68.0 Å². The molecule has 190 valence electrons. The van der Waals surface area contributed by atoms with Crippen LogP contribution in [0.5, 0.6) is 11.5 Å². The molecular weight excluding hydrogens is 456 g/mol. The number of piperazine rings is 1. The summed E-state index contributed by atoms with van der Waals surface area (Å²) in [6.45, 7) is 3.45. The number of nitrogens with zero attached hydrogens (tertiary/aromatic N) is 3.